The molecule has 1 amide bonds. The Balaban J connectivity index is 1.55. The maximum Gasteiger partial charge on any atom is 0.240 e. The van der Waals surface area contributed by atoms with Gasteiger partial charge in [-0.25, -0.2) is 13.1 Å². The zero-order valence-corrected chi connectivity index (χ0v) is 19.1. The molecule has 0 saturated heterocycles. The summed E-state index contributed by atoms with van der Waals surface area (Å²) in [4.78, 5) is 15.4. The molecule has 3 rings (SSSR count). The molecule has 0 aliphatic carbocycles. The van der Waals surface area contributed by atoms with Crippen molar-refractivity contribution in [3.8, 4) is 0 Å². The lowest BCUT2D eigenvalue weighted by molar-refractivity contribution is -0.118. The number of anilines is 1. The summed E-state index contributed by atoms with van der Waals surface area (Å²) in [5, 5.41) is 2.84. The number of benzene rings is 2. The molecule has 8 heteroatoms. The van der Waals surface area contributed by atoms with E-state index in [1.165, 1.54) is 5.56 Å². The lowest BCUT2D eigenvalue weighted by Crippen LogP contribution is -2.30. The van der Waals surface area contributed by atoms with Crippen LogP contribution < -0.4 is 10.0 Å². The van der Waals surface area contributed by atoms with Gasteiger partial charge in [0.1, 0.15) is 0 Å². The van der Waals surface area contributed by atoms with Gasteiger partial charge >= 0.3 is 0 Å². The summed E-state index contributed by atoms with van der Waals surface area (Å²) in [6.45, 7) is 6.90. The number of nitrogens with one attached hydrogen (secondary N) is 2. The van der Waals surface area contributed by atoms with Crippen LogP contribution in [0.15, 0.2) is 58.3 Å². The van der Waals surface area contributed by atoms with Crippen molar-refractivity contribution in [2.24, 2.45) is 5.92 Å². The molecular formula is C22H29N3O3S2. The molecule has 1 unspecified atom stereocenters. The third-order valence-electron chi connectivity index (χ3n) is 5.10. The van der Waals surface area contributed by atoms with Gasteiger partial charge in [-0.05, 0) is 43.3 Å². The van der Waals surface area contributed by atoms with Crippen LogP contribution in [0.4, 0.5) is 5.69 Å². The number of carbonyl (C=O) groups excluding carboxylic acids is 1. The van der Waals surface area contributed by atoms with Crippen molar-refractivity contribution in [3.63, 3.8) is 0 Å². The molecule has 2 aromatic rings. The van der Waals surface area contributed by atoms with Crippen LogP contribution in [0.25, 0.3) is 0 Å². The van der Waals surface area contributed by atoms with E-state index in [0.29, 0.717) is 18.0 Å². The highest BCUT2D eigenvalue weighted by molar-refractivity contribution is 7.99. The van der Waals surface area contributed by atoms with Crippen molar-refractivity contribution >= 4 is 33.4 Å². The molecule has 0 saturated carbocycles. The summed E-state index contributed by atoms with van der Waals surface area (Å²) in [6, 6.07) is 15.2. The molecule has 0 radical (unpaired) electrons. The van der Waals surface area contributed by atoms with Crippen LogP contribution in [0.5, 0.6) is 0 Å². The predicted molar refractivity (Wildman–Crippen MR) is 122 cm³/mol. The zero-order valence-electron chi connectivity index (χ0n) is 17.4. The molecule has 1 heterocycles. The van der Waals surface area contributed by atoms with Crippen LogP contribution in [-0.2, 0) is 21.4 Å². The minimum Gasteiger partial charge on any atom is -0.325 e. The van der Waals surface area contributed by atoms with Crippen LogP contribution in [-0.4, -0.2) is 44.6 Å². The van der Waals surface area contributed by atoms with Gasteiger partial charge in [0.25, 0.3) is 0 Å². The fourth-order valence-electron chi connectivity index (χ4n) is 3.23. The second-order valence-electron chi connectivity index (χ2n) is 7.46. The first kappa shape index (κ1) is 22.8. The average Bonchev–Trinajstić information content (AvgIpc) is 2.88. The molecule has 30 heavy (non-hydrogen) atoms. The molecule has 0 spiro atoms. The number of amides is 1. The highest BCUT2D eigenvalue weighted by Gasteiger charge is 2.22. The van der Waals surface area contributed by atoms with Gasteiger partial charge in [-0.3, -0.25) is 9.69 Å². The molecule has 6 nitrogen and oxygen atoms in total. The molecule has 1 atom stereocenters. The van der Waals surface area contributed by atoms with E-state index in [0.717, 1.165) is 31.0 Å². The maximum absolute atomic E-state index is 12.7. The lowest BCUT2D eigenvalue weighted by Gasteiger charge is -2.20. The Kier molecular flexibility index (Phi) is 7.93. The van der Waals surface area contributed by atoms with Crippen molar-refractivity contribution in [2.75, 3.05) is 30.7 Å². The number of fused-ring (bicyclic) bond motifs is 1. The van der Waals surface area contributed by atoms with Gasteiger partial charge in [0.05, 0.1) is 10.6 Å². The fraction of sp³-hybridized carbons (Fsp3) is 0.409. The third-order valence-corrected chi connectivity index (χ3v) is 7.89. The van der Waals surface area contributed by atoms with Gasteiger partial charge < -0.3 is 5.32 Å². The fourth-order valence-corrected chi connectivity index (χ4v) is 5.34. The third kappa shape index (κ3) is 6.07. The first-order valence-corrected chi connectivity index (χ1v) is 12.7. The Bertz CT molecular complexity index is 965. The van der Waals surface area contributed by atoms with E-state index in [4.69, 9.17) is 0 Å². The van der Waals surface area contributed by atoms with E-state index in [1.807, 2.05) is 25.1 Å². The van der Waals surface area contributed by atoms with Crippen molar-refractivity contribution in [1.29, 1.82) is 0 Å². The number of thioether (sulfide) groups is 1. The van der Waals surface area contributed by atoms with Crippen LogP contribution in [0.3, 0.4) is 0 Å². The summed E-state index contributed by atoms with van der Waals surface area (Å²) in [6.07, 6.45) is 0.717. The Hall–Kier alpha value is -1.87. The van der Waals surface area contributed by atoms with Gasteiger partial charge in [0.2, 0.25) is 15.9 Å². The molecule has 2 N–H and O–H groups in total. The quantitative estimate of drug-likeness (QED) is 0.575. The highest BCUT2D eigenvalue weighted by Crippen LogP contribution is 2.34. The first-order chi connectivity index (χ1) is 14.4. The molecule has 1 aliphatic heterocycles. The summed E-state index contributed by atoms with van der Waals surface area (Å²) < 4.78 is 28.1. The van der Waals surface area contributed by atoms with Gasteiger partial charge in [0.15, 0.2) is 0 Å². The second-order valence-corrected chi connectivity index (χ2v) is 10.3. The smallest absolute Gasteiger partial charge is 0.240 e. The summed E-state index contributed by atoms with van der Waals surface area (Å²) in [5.41, 5.74) is 1.82. The van der Waals surface area contributed by atoms with E-state index < -0.39 is 10.0 Å². The minimum absolute atomic E-state index is 0.0816. The first-order valence-electron chi connectivity index (χ1n) is 10.2. The van der Waals surface area contributed by atoms with Gasteiger partial charge in [-0.15, -0.1) is 11.8 Å². The van der Waals surface area contributed by atoms with E-state index in [-0.39, 0.29) is 16.7 Å². The lowest BCUT2D eigenvalue weighted by atomic mass is 10.2. The Morgan fingerprint density at radius 3 is 2.70 bits per heavy atom. The predicted octanol–water partition coefficient (Wildman–Crippen LogP) is 3.56. The standard InChI is InChI=1S/C22H29N3O3S2/c1-3-25(15-18-8-5-4-6-9-18)13-7-12-23-30(27,28)19-10-11-21-20(14-19)24-22(26)17(2)16-29-21/h4-6,8-11,14,17,23H,3,7,12-13,15-16H2,1-2H3,(H,24,26). The largest absolute Gasteiger partial charge is 0.325 e. The average molecular weight is 448 g/mol. The topological polar surface area (TPSA) is 78.5 Å². The number of sulfonamides is 1. The van der Waals surface area contributed by atoms with Crippen molar-refractivity contribution in [1.82, 2.24) is 9.62 Å². The molecule has 0 bridgehead atoms. The van der Waals surface area contributed by atoms with Crippen molar-refractivity contribution in [2.45, 2.75) is 36.6 Å². The van der Waals surface area contributed by atoms with Gasteiger partial charge in [-0.1, -0.05) is 44.2 Å². The summed E-state index contributed by atoms with van der Waals surface area (Å²) in [7, 11) is -3.63. The number of hydrogen-bond acceptors (Lipinski definition) is 5. The molecular weight excluding hydrogens is 418 g/mol. The molecule has 0 fully saturated rings. The molecule has 1 aliphatic rings. The second kappa shape index (κ2) is 10.4. The molecule has 0 aromatic heterocycles. The summed E-state index contributed by atoms with van der Waals surface area (Å²) in [5.74, 6) is 0.486. The van der Waals surface area contributed by atoms with Crippen LogP contribution >= 0.6 is 11.8 Å². The highest BCUT2D eigenvalue weighted by atomic mass is 32.2. The number of rotatable bonds is 9. The van der Waals surface area contributed by atoms with E-state index in [9.17, 15) is 13.2 Å². The van der Waals surface area contributed by atoms with E-state index in [2.05, 4.69) is 34.0 Å². The maximum atomic E-state index is 12.7. The monoisotopic (exact) mass is 447 g/mol. The number of nitrogens with zero attached hydrogens (tertiary/aromatic N) is 1. The Labute approximate surface area is 183 Å². The Morgan fingerprint density at radius 2 is 1.97 bits per heavy atom. The van der Waals surface area contributed by atoms with Crippen LogP contribution in [0.1, 0.15) is 25.8 Å². The van der Waals surface area contributed by atoms with Gasteiger partial charge in [-0.2, -0.15) is 0 Å². The van der Waals surface area contributed by atoms with Crippen LogP contribution in [0.2, 0.25) is 0 Å². The van der Waals surface area contributed by atoms with E-state index in [1.54, 1.807) is 30.0 Å². The molecule has 162 valence electrons. The Morgan fingerprint density at radius 1 is 1.20 bits per heavy atom. The SMILES string of the molecule is CCN(CCCNS(=O)(=O)c1ccc2c(c1)NC(=O)C(C)CS2)Cc1ccccc1. The summed E-state index contributed by atoms with van der Waals surface area (Å²) >= 11 is 1.56. The number of carbonyl (C=O) groups is 1. The zero-order chi connectivity index (χ0) is 21.6. The van der Waals surface area contributed by atoms with Crippen molar-refractivity contribution < 1.29 is 13.2 Å². The van der Waals surface area contributed by atoms with Crippen molar-refractivity contribution in [3.05, 3.63) is 54.1 Å². The molecule has 2 aromatic carbocycles. The van der Waals surface area contributed by atoms with Gasteiger partial charge in [0, 0.05) is 29.7 Å². The number of hydrogen-bond donors (Lipinski definition) is 2. The minimum atomic E-state index is -3.63. The van der Waals surface area contributed by atoms with Crippen LogP contribution in [0, 0.1) is 5.92 Å². The van der Waals surface area contributed by atoms with E-state index >= 15 is 0 Å². The normalized spacial score (nSPS) is 16.8.